The van der Waals surface area contributed by atoms with Crippen molar-refractivity contribution in [1.29, 1.82) is 0 Å². The van der Waals surface area contributed by atoms with Crippen LogP contribution in [0.25, 0.3) is 5.65 Å². The van der Waals surface area contributed by atoms with Crippen LogP contribution in [-0.2, 0) is 6.54 Å². The molecule has 0 aliphatic rings. The lowest BCUT2D eigenvalue weighted by Crippen LogP contribution is -2.38. The fourth-order valence-electron chi connectivity index (χ4n) is 2.34. The van der Waals surface area contributed by atoms with Gasteiger partial charge in [0.05, 0.1) is 11.3 Å². The molecular weight excluding hydrogens is 238 g/mol. The second-order valence-corrected chi connectivity index (χ2v) is 5.77. The first-order valence-electron chi connectivity index (χ1n) is 6.77. The number of pyridine rings is 1. The van der Waals surface area contributed by atoms with Crippen molar-refractivity contribution in [3.8, 4) is 0 Å². The van der Waals surface area contributed by atoms with Gasteiger partial charge in [-0.1, -0.05) is 13.0 Å². The highest BCUT2D eigenvalue weighted by Crippen LogP contribution is 2.13. The van der Waals surface area contributed by atoms with Gasteiger partial charge in [0.1, 0.15) is 5.65 Å². The summed E-state index contributed by atoms with van der Waals surface area (Å²) in [7, 11) is 0. The lowest BCUT2D eigenvalue weighted by atomic mass is 10.1. The van der Waals surface area contributed by atoms with E-state index in [0.717, 1.165) is 24.4 Å². The van der Waals surface area contributed by atoms with Crippen LogP contribution in [0.15, 0.2) is 24.5 Å². The Morgan fingerprint density at radius 3 is 2.74 bits per heavy atom. The molecule has 0 amide bonds. The van der Waals surface area contributed by atoms with Crippen LogP contribution in [0.4, 0.5) is 0 Å². The van der Waals surface area contributed by atoms with Crippen molar-refractivity contribution < 1.29 is 5.11 Å². The third-order valence-electron chi connectivity index (χ3n) is 3.17. The van der Waals surface area contributed by atoms with E-state index in [-0.39, 0.29) is 0 Å². The molecule has 0 atom stereocenters. The maximum Gasteiger partial charge on any atom is 0.139 e. The number of aryl methyl sites for hydroxylation is 1. The summed E-state index contributed by atoms with van der Waals surface area (Å²) in [4.78, 5) is 6.88. The molecule has 0 saturated heterocycles. The van der Waals surface area contributed by atoms with E-state index < -0.39 is 5.60 Å². The van der Waals surface area contributed by atoms with E-state index in [0.29, 0.717) is 6.54 Å². The van der Waals surface area contributed by atoms with Crippen LogP contribution in [-0.4, -0.2) is 38.1 Å². The Bertz CT molecular complexity index is 554. The van der Waals surface area contributed by atoms with E-state index in [1.165, 1.54) is 5.56 Å². The normalized spacial score (nSPS) is 12.5. The summed E-state index contributed by atoms with van der Waals surface area (Å²) in [5.41, 5.74) is 2.56. The minimum absolute atomic E-state index is 0.649. The molecule has 0 fully saturated rings. The lowest BCUT2D eigenvalue weighted by Gasteiger charge is -2.27. The highest BCUT2D eigenvalue weighted by Gasteiger charge is 2.18. The molecule has 0 radical (unpaired) electrons. The molecule has 0 aliphatic carbocycles. The molecule has 2 aromatic rings. The predicted molar refractivity (Wildman–Crippen MR) is 77.2 cm³/mol. The van der Waals surface area contributed by atoms with Crippen LogP contribution in [0.2, 0.25) is 0 Å². The Morgan fingerprint density at radius 1 is 1.42 bits per heavy atom. The summed E-state index contributed by atoms with van der Waals surface area (Å²) in [5, 5.41) is 9.91. The maximum absolute atomic E-state index is 9.91. The Morgan fingerprint density at radius 2 is 2.16 bits per heavy atom. The number of aromatic nitrogens is 2. The number of fused-ring (bicyclic) bond motifs is 1. The van der Waals surface area contributed by atoms with Crippen molar-refractivity contribution >= 4 is 5.65 Å². The van der Waals surface area contributed by atoms with Gasteiger partial charge < -0.3 is 9.51 Å². The SMILES string of the molecule is CCN(Cc1cn2cccc(C)c2n1)CC(C)(C)O. The zero-order valence-electron chi connectivity index (χ0n) is 12.2. The second kappa shape index (κ2) is 5.31. The van der Waals surface area contributed by atoms with Gasteiger partial charge in [-0.05, 0) is 38.9 Å². The molecule has 1 N–H and O–H groups in total. The third-order valence-corrected chi connectivity index (χ3v) is 3.17. The number of hydrogen-bond acceptors (Lipinski definition) is 3. The van der Waals surface area contributed by atoms with Crippen molar-refractivity contribution in [2.45, 2.75) is 39.8 Å². The number of nitrogens with zero attached hydrogens (tertiary/aromatic N) is 3. The minimum Gasteiger partial charge on any atom is -0.389 e. The van der Waals surface area contributed by atoms with Gasteiger partial charge in [0.25, 0.3) is 0 Å². The molecule has 4 nitrogen and oxygen atoms in total. The summed E-state index contributed by atoms with van der Waals surface area (Å²) < 4.78 is 2.06. The highest BCUT2D eigenvalue weighted by atomic mass is 16.3. The molecule has 0 spiro atoms. The molecule has 4 heteroatoms. The molecule has 104 valence electrons. The molecule has 19 heavy (non-hydrogen) atoms. The van der Waals surface area contributed by atoms with E-state index in [1.807, 2.05) is 26.1 Å². The Hall–Kier alpha value is -1.39. The zero-order chi connectivity index (χ0) is 14.0. The second-order valence-electron chi connectivity index (χ2n) is 5.77. The fraction of sp³-hybridized carbons (Fsp3) is 0.533. The number of rotatable bonds is 5. The van der Waals surface area contributed by atoms with Crippen molar-refractivity contribution in [2.24, 2.45) is 0 Å². The molecule has 0 saturated carbocycles. The van der Waals surface area contributed by atoms with Crippen LogP contribution in [0.5, 0.6) is 0 Å². The van der Waals surface area contributed by atoms with E-state index in [2.05, 4.69) is 40.4 Å². The first-order valence-corrected chi connectivity index (χ1v) is 6.77. The minimum atomic E-state index is -0.676. The zero-order valence-corrected chi connectivity index (χ0v) is 12.2. The smallest absolute Gasteiger partial charge is 0.139 e. The monoisotopic (exact) mass is 261 g/mol. The quantitative estimate of drug-likeness (QED) is 0.897. The van der Waals surface area contributed by atoms with E-state index in [9.17, 15) is 5.11 Å². The largest absolute Gasteiger partial charge is 0.389 e. The van der Waals surface area contributed by atoms with E-state index in [1.54, 1.807) is 0 Å². The summed E-state index contributed by atoms with van der Waals surface area (Å²) in [5.74, 6) is 0. The Kier molecular flexibility index (Phi) is 3.92. The van der Waals surface area contributed by atoms with Crippen LogP contribution in [0.3, 0.4) is 0 Å². The molecule has 2 aromatic heterocycles. The van der Waals surface area contributed by atoms with Crippen molar-refractivity contribution in [2.75, 3.05) is 13.1 Å². The van der Waals surface area contributed by atoms with Gasteiger partial charge in [-0.25, -0.2) is 4.98 Å². The predicted octanol–water partition coefficient (Wildman–Crippen LogP) is 2.24. The van der Waals surface area contributed by atoms with Gasteiger partial charge in [0.15, 0.2) is 0 Å². The van der Waals surface area contributed by atoms with Crippen LogP contribution < -0.4 is 0 Å². The molecule has 0 unspecified atom stereocenters. The van der Waals surface area contributed by atoms with Crippen LogP contribution >= 0.6 is 0 Å². The first-order chi connectivity index (χ1) is 8.89. The van der Waals surface area contributed by atoms with Gasteiger partial charge in [0.2, 0.25) is 0 Å². The fourth-order valence-corrected chi connectivity index (χ4v) is 2.34. The van der Waals surface area contributed by atoms with Gasteiger partial charge in [-0.15, -0.1) is 0 Å². The summed E-state index contributed by atoms with van der Waals surface area (Å²) in [6.07, 6.45) is 4.08. The average Bonchev–Trinajstić information content (AvgIpc) is 2.70. The number of likely N-dealkylation sites (N-methyl/N-ethyl adjacent to an activating group) is 1. The molecule has 0 bridgehead atoms. The number of aliphatic hydroxyl groups is 1. The van der Waals surface area contributed by atoms with Crippen molar-refractivity contribution in [3.05, 3.63) is 35.8 Å². The summed E-state index contributed by atoms with van der Waals surface area (Å²) in [6.45, 7) is 10.2. The lowest BCUT2D eigenvalue weighted by molar-refractivity contribution is 0.0350. The standard InChI is InChI=1S/C15H23N3O/c1-5-17(11-15(3,4)19)9-13-10-18-8-6-7-12(2)14(18)16-13/h6-8,10,19H,5,9,11H2,1-4H3. The Balaban J connectivity index is 2.18. The molecule has 2 rings (SSSR count). The molecule has 2 heterocycles. The number of hydrogen-bond donors (Lipinski definition) is 1. The van der Waals surface area contributed by atoms with Gasteiger partial charge in [0, 0.05) is 25.5 Å². The third kappa shape index (κ3) is 3.55. The Labute approximate surface area is 114 Å². The summed E-state index contributed by atoms with van der Waals surface area (Å²) >= 11 is 0. The number of imidazole rings is 1. The average molecular weight is 261 g/mol. The van der Waals surface area contributed by atoms with Gasteiger partial charge >= 0.3 is 0 Å². The summed E-state index contributed by atoms with van der Waals surface area (Å²) in [6, 6.07) is 4.10. The van der Waals surface area contributed by atoms with Gasteiger partial charge in [-0.2, -0.15) is 0 Å². The van der Waals surface area contributed by atoms with Crippen molar-refractivity contribution in [1.82, 2.24) is 14.3 Å². The maximum atomic E-state index is 9.91. The topological polar surface area (TPSA) is 40.8 Å². The molecule has 0 aromatic carbocycles. The highest BCUT2D eigenvalue weighted by molar-refractivity contribution is 5.47. The molecule has 0 aliphatic heterocycles. The van der Waals surface area contributed by atoms with E-state index >= 15 is 0 Å². The van der Waals surface area contributed by atoms with Crippen LogP contribution in [0.1, 0.15) is 32.0 Å². The van der Waals surface area contributed by atoms with Crippen LogP contribution in [0, 0.1) is 6.92 Å². The van der Waals surface area contributed by atoms with E-state index in [4.69, 9.17) is 0 Å². The molecular formula is C15H23N3O. The first kappa shape index (κ1) is 14.0. The van der Waals surface area contributed by atoms with Gasteiger partial charge in [-0.3, -0.25) is 4.90 Å². The van der Waals surface area contributed by atoms with Crippen molar-refractivity contribution in [3.63, 3.8) is 0 Å².